The summed E-state index contributed by atoms with van der Waals surface area (Å²) < 4.78 is 37.4. The predicted molar refractivity (Wildman–Crippen MR) is 45.2 cm³/mol. The highest BCUT2D eigenvalue weighted by atomic mass is 19.4. The van der Waals surface area contributed by atoms with Crippen LogP contribution in [-0.4, -0.2) is 14.6 Å². The highest BCUT2D eigenvalue weighted by molar-refractivity contribution is 5.44. The van der Waals surface area contributed by atoms with E-state index in [0.29, 0.717) is 4.52 Å². The first kappa shape index (κ1) is 9.56. The van der Waals surface area contributed by atoms with Crippen LogP contribution < -0.4 is 11.3 Å². The summed E-state index contributed by atoms with van der Waals surface area (Å²) in [6.07, 6.45) is -3.53. The summed E-state index contributed by atoms with van der Waals surface area (Å²) in [5.74, 6) is 0. The zero-order valence-corrected chi connectivity index (χ0v) is 7.17. The van der Waals surface area contributed by atoms with Gasteiger partial charge >= 0.3 is 6.18 Å². The summed E-state index contributed by atoms with van der Waals surface area (Å²) in [7, 11) is 0. The smallest absolute Gasteiger partial charge is 0.393 e. The van der Waals surface area contributed by atoms with Crippen molar-refractivity contribution in [1.82, 2.24) is 14.6 Å². The fourth-order valence-corrected chi connectivity index (χ4v) is 1.12. The second-order valence-corrected chi connectivity index (χ2v) is 2.88. The van der Waals surface area contributed by atoms with E-state index >= 15 is 0 Å². The van der Waals surface area contributed by atoms with E-state index < -0.39 is 17.4 Å². The first-order chi connectivity index (χ1) is 6.89. The Hall–Kier alpha value is -1.99. The molecule has 2 heterocycles. The second kappa shape index (κ2) is 2.75. The predicted octanol–water partition coefficient (Wildman–Crippen LogP) is 0.624. The lowest BCUT2D eigenvalue weighted by Gasteiger charge is -2.00. The average molecular weight is 218 g/mol. The lowest BCUT2D eigenvalue weighted by molar-refractivity contribution is -0.141. The lowest BCUT2D eigenvalue weighted by Crippen LogP contribution is -2.19. The number of nitrogens with zero attached hydrogens (tertiary/aromatic N) is 2. The fraction of sp³-hybridized carbons (Fsp3) is 0.143. The molecule has 0 bridgehead atoms. The molecule has 3 N–H and O–H groups in total. The first-order valence-electron chi connectivity index (χ1n) is 3.83. The normalized spacial score (nSPS) is 12.2. The molecule has 2 aromatic rings. The van der Waals surface area contributed by atoms with Gasteiger partial charge in [-0.2, -0.15) is 17.7 Å². The topological polar surface area (TPSA) is 76.2 Å². The molecule has 0 atom stereocenters. The Bertz CT molecular complexity index is 568. The highest BCUT2D eigenvalue weighted by Crippen LogP contribution is 2.27. The van der Waals surface area contributed by atoms with Crippen LogP contribution >= 0.6 is 0 Å². The number of nitrogens with one attached hydrogen (secondary N) is 1. The maximum Gasteiger partial charge on any atom is 0.432 e. The Morgan fingerprint density at radius 1 is 1.47 bits per heavy atom. The van der Waals surface area contributed by atoms with E-state index in [9.17, 15) is 18.0 Å². The zero-order chi connectivity index (χ0) is 11.2. The molecule has 0 fully saturated rings. The molecule has 0 aromatic carbocycles. The van der Waals surface area contributed by atoms with Gasteiger partial charge in [0, 0.05) is 6.07 Å². The minimum Gasteiger partial charge on any atom is -0.393 e. The molecule has 8 heteroatoms. The number of nitrogens with two attached hydrogens (primary N) is 1. The van der Waals surface area contributed by atoms with E-state index in [1.54, 1.807) is 0 Å². The molecule has 2 rings (SSSR count). The lowest BCUT2D eigenvalue weighted by atomic mass is 10.4. The van der Waals surface area contributed by atoms with Crippen molar-refractivity contribution in [3.63, 3.8) is 0 Å². The number of halogens is 3. The molecular weight excluding hydrogens is 213 g/mol. The van der Waals surface area contributed by atoms with Crippen molar-refractivity contribution in [2.45, 2.75) is 6.18 Å². The third-order valence-electron chi connectivity index (χ3n) is 1.83. The average Bonchev–Trinajstić information content (AvgIpc) is 2.55. The van der Waals surface area contributed by atoms with E-state index in [2.05, 4.69) is 4.98 Å². The third kappa shape index (κ3) is 1.43. The van der Waals surface area contributed by atoms with Crippen LogP contribution in [0.2, 0.25) is 0 Å². The minimum absolute atomic E-state index is 0.124. The summed E-state index contributed by atoms with van der Waals surface area (Å²) in [6, 6.07) is 0.737. The van der Waals surface area contributed by atoms with Crippen LogP contribution in [0.3, 0.4) is 0 Å². The molecule has 0 aliphatic heterocycles. The molecule has 0 aliphatic rings. The van der Waals surface area contributed by atoms with Crippen LogP contribution in [0.4, 0.5) is 18.9 Å². The number of nitrogen functional groups attached to an aromatic ring is 1. The zero-order valence-electron chi connectivity index (χ0n) is 7.17. The first-order valence-corrected chi connectivity index (χ1v) is 3.83. The second-order valence-electron chi connectivity index (χ2n) is 2.88. The maximum absolute atomic E-state index is 12.3. The van der Waals surface area contributed by atoms with Gasteiger partial charge in [0.1, 0.15) is 11.4 Å². The molecule has 0 radical (unpaired) electrons. The largest absolute Gasteiger partial charge is 0.432 e. The number of aromatic amines is 1. The van der Waals surface area contributed by atoms with Crippen LogP contribution in [0.5, 0.6) is 0 Å². The van der Waals surface area contributed by atoms with E-state index in [1.165, 1.54) is 0 Å². The van der Waals surface area contributed by atoms with Crippen molar-refractivity contribution in [2.24, 2.45) is 0 Å². The standard InChI is InChI=1S/C7H5F3N4O/c8-7(9,10)4-1-5-12-2-3(11)6(15)14(5)13-4/h1-2,13H,11H2. The van der Waals surface area contributed by atoms with E-state index in [4.69, 9.17) is 5.73 Å². The minimum atomic E-state index is -4.55. The highest BCUT2D eigenvalue weighted by Gasteiger charge is 2.33. The number of aromatic nitrogens is 3. The van der Waals surface area contributed by atoms with E-state index in [-0.39, 0.29) is 11.3 Å². The Morgan fingerprint density at radius 3 is 2.73 bits per heavy atom. The van der Waals surface area contributed by atoms with Gasteiger partial charge in [-0.3, -0.25) is 9.89 Å². The van der Waals surface area contributed by atoms with Crippen molar-refractivity contribution < 1.29 is 13.2 Å². The summed E-state index contributed by atoms with van der Waals surface area (Å²) in [5, 5.41) is 1.88. The Labute approximate surface area is 80.3 Å². The number of H-pyrrole nitrogens is 1. The van der Waals surface area contributed by atoms with Crippen LogP contribution in [0.15, 0.2) is 17.1 Å². The van der Waals surface area contributed by atoms with E-state index in [1.807, 2.05) is 5.10 Å². The summed E-state index contributed by atoms with van der Waals surface area (Å²) in [6.45, 7) is 0. The van der Waals surface area contributed by atoms with Gasteiger partial charge in [-0.25, -0.2) is 4.98 Å². The molecular formula is C7H5F3N4O. The van der Waals surface area contributed by atoms with Crippen LogP contribution in [0.25, 0.3) is 5.65 Å². The number of alkyl halides is 3. The molecule has 80 valence electrons. The van der Waals surface area contributed by atoms with Crippen LogP contribution in [0.1, 0.15) is 5.69 Å². The molecule has 15 heavy (non-hydrogen) atoms. The van der Waals surface area contributed by atoms with Gasteiger partial charge in [0.05, 0.1) is 6.20 Å². The number of anilines is 1. The van der Waals surface area contributed by atoms with Crippen molar-refractivity contribution in [3.8, 4) is 0 Å². The molecule has 2 aromatic heterocycles. The van der Waals surface area contributed by atoms with Gasteiger partial charge in [0.2, 0.25) is 0 Å². The van der Waals surface area contributed by atoms with Crippen LogP contribution in [-0.2, 0) is 6.18 Å². The van der Waals surface area contributed by atoms with Gasteiger partial charge in [0.15, 0.2) is 5.65 Å². The number of rotatable bonds is 0. The van der Waals surface area contributed by atoms with Crippen molar-refractivity contribution >= 4 is 11.3 Å². The van der Waals surface area contributed by atoms with Gasteiger partial charge in [-0.05, 0) is 0 Å². The van der Waals surface area contributed by atoms with Gasteiger partial charge in [0.25, 0.3) is 5.56 Å². The quantitative estimate of drug-likeness (QED) is 0.680. The van der Waals surface area contributed by atoms with Gasteiger partial charge in [-0.15, -0.1) is 0 Å². The molecule has 0 unspecified atom stereocenters. The number of hydrogen-bond acceptors (Lipinski definition) is 3. The molecule has 0 saturated carbocycles. The number of fused-ring (bicyclic) bond motifs is 1. The summed E-state index contributed by atoms with van der Waals surface area (Å²) >= 11 is 0. The molecule has 0 spiro atoms. The monoisotopic (exact) mass is 218 g/mol. The third-order valence-corrected chi connectivity index (χ3v) is 1.83. The SMILES string of the molecule is Nc1cnc2cc(C(F)(F)F)[nH]n2c1=O. The van der Waals surface area contributed by atoms with Crippen molar-refractivity contribution in [3.05, 3.63) is 28.3 Å². The Morgan fingerprint density at radius 2 is 2.13 bits per heavy atom. The van der Waals surface area contributed by atoms with Crippen LogP contribution in [0, 0.1) is 0 Å². The Kier molecular flexibility index (Phi) is 1.75. The summed E-state index contributed by atoms with van der Waals surface area (Å²) in [4.78, 5) is 14.9. The van der Waals surface area contributed by atoms with Crippen molar-refractivity contribution in [2.75, 3.05) is 5.73 Å². The fourth-order valence-electron chi connectivity index (χ4n) is 1.12. The van der Waals surface area contributed by atoms with Gasteiger partial charge < -0.3 is 5.73 Å². The van der Waals surface area contributed by atoms with E-state index in [0.717, 1.165) is 12.3 Å². The van der Waals surface area contributed by atoms with Crippen molar-refractivity contribution in [1.29, 1.82) is 0 Å². The van der Waals surface area contributed by atoms with Gasteiger partial charge in [-0.1, -0.05) is 0 Å². The molecule has 0 amide bonds. The molecule has 0 saturated heterocycles. The maximum atomic E-state index is 12.3. The number of hydrogen-bond donors (Lipinski definition) is 2. The Balaban J connectivity index is 2.78. The summed E-state index contributed by atoms with van der Waals surface area (Å²) in [5.41, 5.74) is 3.07. The molecule has 5 nitrogen and oxygen atoms in total. The molecule has 0 aliphatic carbocycles.